The van der Waals surface area contributed by atoms with Gasteiger partial charge in [0.15, 0.2) is 0 Å². The number of anilines is 1. The van der Waals surface area contributed by atoms with Crippen molar-refractivity contribution in [3.05, 3.63) is 48.3 Å². The molecule has 0 aliphatic carbocycles. The molecular formula is C14H17N3O3S. The molecule has 0 saturated carbocycles. The van der Waals surface area contributed by atoms with Gasteiger partial charge in [0.1, 0.15) is 10.6 Å². The molecule has 2 rings (SSSR count). The molecule has 2 N–H and O–H groups in total. The Balaban J connectivity index is 2.27. The Bertz CT molecular complexity index is 732. The molecule has 0 saturated heterocycles. The number of sulfonamides is 1. The van der Waals surface area contributed by atoms with Crippen molar-refractivity contribution >= 4 is 15.7 Å². The second-order valence-electron chi connectivity index (χ2n) is 4.53. The minimum atomic E-state index is -3.68. The van der Waals surface area contributed by atoms with Gasteiger partial charge in [-0.15, -0.1) is 0 Å². The van der Waals surface area contributed by atoms with E-state index in [-0.39, 0.29) is 17.1 Å². The molecule has 7 heteroatoms. The highest BCUT2D eigenvalue weighted by atomic mass is 32.2. The average Bonchev–Trinajstić information content (AvgIpc) is 2.47. The van der Waals surface area contributed by atoms with Gasteiger partial charge in [0.25, 0.3) is 0 Å². The third-order valence-electron chi connectivity index (χ3n) is 3.04. The molecule has 0 spiro atoms. The average molecular weight is 307 g/mol. The fraction of sp³-hybridized carbons (Fsp3) is 0.214. The van der Waals surface area contributed by atoms with Gasteiger partial charge in [-0.1, -0.05) is 12.1 Å². The van der Waals surface area contributed by atoms with Crippen LogP contribution in [0.25, 0.3) is 0 Å². The van der Waals surface area contributed by atoms with Crippen LogP contribution in [0.2, 0.25) is 0 Å². The van der Waals surface area contributed by atoms with Gasteiger partial charge in [-0.25, -0.2) is 8.42 Å². The van der Waals surface area contributed by atoms with Crippen molar-refractivity contribution in [2.45, 2.75) is 11.4 Å². The van der Waals surface area contributed by atoms with Gasteiger partial charge in [0.05, 0.1) is 12.8 Å². The number of rotatable bonds is 5. The number of pyridine rings is 1. The van der Waals surface area contributed by atoms with Gasteiger partial charge < -0.3 is 10.5 Å². The van der Waals surface area contributed by atoms with Crippen LogP contribution in [-0.4, -0.2) is 31.9 Å². The summed E-state index contributed by atoms with van der Waals surface area (Å²) in [5, 5.41) is 0. The minimum absolute atomic E-state index is 0.00963. The zero-order valence-corrected chi connectivity index (χ0v) is 12.7. The maximum atomic E-state index is 12.5. The molecule has 0 aliphatic heterocycles. The molecule has 1 aromatic carbocycles. The Hall–Kier alpha value is -2.12. The monoisotopic (exact) mass is 307 g/mol. The minimum Gasteiger partial charge on any atom is -0.497 e. The van der Waals surface area contributed by atoms with Crippen LogP contribution in [0, 0.1) is 0 Å². The SMILES string of the molecule is COc1cccc(CN(C)S(=O)(=O)c2cnccc2N)c1. The van der Waals surface area contributed by atoms with Crippen LogP contribution >= 0.6 is 0 Å². The molecular weight excluding hydrogens is 290 g/mol. The van der Waals surface area contributed by atoms with Crippen LogP contribution in [-0.2, 0) is 16.6 Å². The number of nitrogens with two attached hydrogens (primary N) is 1. The lowest BCUT2D eigenvalue weighted by molar-refractivity contribution is 0.412. The fourth-order valence-electron chi connectivity index (χ4n) is 1.89. The molecule has 2 aromatic rings. The van der Waals surface area contributed by atoms with E-state index in [4.69, 9.17) is 10.5 Å². The van der Waals surface area contributed by atoms with Gasteiger partial charge in [-0.05, 0) is 23.8 Å². The Morgan fingerprint density at radius 2 is 2.10 bits per heavy atom. The summed E-state index contributed by atoms with van der Waals surface area (Å²) in [5.41, 5.74) is 6.72. The van der Waals surface area contributed by atoms with E-state index in [0.717, 1.165) is 5.56 Å². The molecule has 0 amide bonds. The molecule has 0 unspecified atom stereocenters. The topological polar surface area (TPSA) is 85.5 Å². The van der Waals surface area contributed by atoms with Crippen molar-refractivity contribution in [2.75, 3.05) is 19.9 Å². The van der Waals surface area contributed by atoms with E-state index in [1.165, 1.54) is 29.8 Å². The first-order valence-corrected chi connectivity index (χ1v) is 7.68. The Kier molecular flexibility index (Phi) is 4.44. The van der Waals surface area contributed by atoms with Crippen molar-refractivity contribution in [2.24, 2.45) is 0 Å². The summed E-state index contributed by atoms with van der Waals surface area (Å²) in [6.45, 7) is 0.216. The zero-order chi connectivity index (χ0) is 15.5. The summed E-state index contributed by atoms with van der Waals surface area (Å²) in [6.07, 6.45) is 2.71. The van der Waals surface area contributed by atoms with Crippen LogP contribution < -0.4 is 10.5 Å². The third kappa shape index (κ3) is 3.32. The number of methoxy groups -OCH3 is 1. The van der Waals surface area contributed by atoms with Gasteiger partial charge in [-0.3, -0.25) is 4.98 Å². The summed E-state index contributed by atoms with van der Waals surface area (Å²) in [6, 6.07) is 8.70. The molecule has 1 aromatic heterocycles. The maximum absolute atomic E-state index is 12.5. The molecule has 0 fully saturated rings. The molecule has 0 bridgehead atoms. The molecule has 0 radical (unpaired) electrons. The third-order valence-corrected chi connectivity index (χ3v) is 4.89. The lowest BCUT2D eigenvalue weighted by Gasteiger charge is -2.18. The van der Waals surface area contributed by atoms with Gasteiger partial charge in [0.2, 0.25) is 10.0 Å². The largest absolute Gasteiger partial charge is 0.497 e. The highest BCUT2D eigenvalue weighted by molar-refractivity contribution is 7.89. The first-order valence-electron chi connectivity index (χ1n) is 6.24. The van der Waals surface area contributed by atoms with Crippen LogP contribution in [0.5, 0.6) is 5.75 Å². The normalized spacial score (nSPS) is 11.6. The second-order valence-corrected chi connectivity index (χ2v) is 6.54. The van der Waals surface area contributed by atoms with E-state index in [0.29, 0.717) is 5.75 Å². The fourth-order valence-corrected chi connectivity index (χ4v) is 3.10. The van der Waals surface area contributed by atoms with E-state index in [1.54, 1.807) is 19.2 Å². The molecule has 0 atom stereocenters. The van der Waals surface area contributed by atoms with Crippen LogP contribution in [0.1, 0.15) is 5.56 Å². The standard InChI is InChI=1S/C14H17N3O3S/c1-17(10-11-4-3-5-12(8-11)20-2)21(18,19)14-9-16-7-6-13(14)15/h3-9H,10H2,1-2H3,(H2,15,16). The second kappa shape index (κ2) is 6.11. The summed E-state index contributed by atoms with van der Waals surface area (Å²) >= 11 is 0. The summed E-state index contributed by atoms with van der Waals surface area (Å²) in [5.74, 6) is 0.680. The summed E-state index contributed by atoms with van der Waals surface area (Å²) in [4.78, 5) is 3.83. The smallest absolute Gasteiger partial charge is 0.246 e. The van der Waals surface area contributed by atoms with Crippen LogP contribution in [0.4, 0.5) is 5.69 Å². The van der Waals surface area contributed by atoms with Crippen molar-refractivity contribution < 1.29 is 13.2 Å². The Morgan fingerprint density at radius 3 is 2.76 bits per heavy atom. The Morgan fingerprint density at radius 1 is 1.33 bits per heavy atom. The van der Waals surface area contributed by atoms with Crippen molar-refractivity contribution in [3.8, 4) is 5.75 Å². The van der Waals surface area contributed by atoms with Crippen LogP contribution in [0.3, 0.4) is 0 Å². The number of hydrogen-bond donors (Lipinski definition) is 1. The highest BCUT2D eigenvalue weighted by Crippen LogP contribution is 2.22. The lowest BCUT2D eigenvalue weighted by Crippen LogP contribution is -2.27. The van der Waals surface area contributed by atoms with E-state index < -0.39 is 10.0 Å². The number of aromatic nitrogens is 1. The van der Waals surface area contributed by atoms with E-state index in [2.05, 4.69) is 4.98 Å². The van der Waals surface area contributed by atoms with E-state index >= 15 is 0 Å². The summed E-state index contributed by atoms with van der Waals surface area (Å²) < 4.78 is 31.3. The number of hydrogen-bond acceptors (Lipinski definition) is 5. The molecule has 0 aliphatic rings. The van der Waals surface area contributed by atoms with Gasteiger partial charge >= 0.3 is 0 Å². The number of benzene rings is 1. The first kappa shape index (κ1) is 15.3. The van der Waals surface area contributed by atoms with Gasteiger partial charge in [-0.2, -0.15) is 4.31 Å². The lowest BCUT2D eigenvalue weighted by atomic mass is 10.2. The number of nitrogens with zero attached hydrogens (tertiary/aromatic N) is 2. The van der Waals surface area contributed by atoms with Crippen molar-refractivity contribution in [1.29, 1.82) is 0 Å². The number of nitrogen functional groups attached to an aromatic ring is 1. The zero-order valence-electron chi connectivity index (χ0n) is 11.9. The predicted molar refractivity (Wildman–Crippen MR) is 80.3 cm³/mol. The predicted octanol–water partition coefficient (Wildman–Crippen LogP) is 1.49. The van der Waals surface area contributed by atoms with E-state index in [1.807, 2.05) is 12.1 Å². The first-order chi connectivity index (χ1) is 9.95. The molecule has 6 nitrogen and oxygen atoms in total. The molecule has 21 heavy (non-hydrogen) atoms. The van der Waals surface area contributed by atoms with Gasteiger partial charge in [0, 0.05) is 26.0 Å². The number of ether oxygens (including phenoxy) is 1. The molecule has 112 valence electrons. The maximum Gasteiger partial charge on any atom is 0.246 e. The quantitative estimate of drug-likeness (QED) is 0.904. The molecule has 1 heterocycles. The Labute approximate surface area is 124 Å². The van der Waals surface area contributed by atoms with Crippen molar-refractivity contribution in [1.82, 2.24) is 9.29 Å². The van der Waals surface area contributed by atoms with Crippen LogP contribution in [0.15, 0.2) is 47.6 Å². The van der Waals surface area contributed by atoms with E-state index in [9.17, 15) is 8.42 Å². The summed E-state index contributed by atoms with van der Waals surface area (Å²) in [7, 11) is -0.616. The van der Waals surface area contributed by atoms with Crippen molar-refractivity contribution in [3.63, 3.8) is 0 Å². The highest BCUT2D eigenvalue weighted by Gasteiger charge is 2.23.